The molecule has 1 fully saturated rings. The zero-order chi connectivity index (χ0) is 15.5. The summed E-state index contributed by atoms with van der Waals surface area (Å²) in [5.74, 6) is 0. The largest absolute Gasteiger partial charge is 0.505 e. The van der Waals surface area contributed by atoms with Crippen LogP contribution in [0.5, 0.6) is 0 Å². The van der Waals surface area contributed by atoms with E-state index < -0.39 is 0 Å². The molecule has 0 atom stereocenters. The van der Waals surface area contributed by atoms with Crippen LogP contribution in [0.1, 0.15) is 27.7 Å². The fourth-order valence-corrected chi connectivity index (χ4v) is 3.88. The Morgan fingerprint density at radius 2 is 1.41 bits per heavy atom. The molecule has 2 aromatic carbocycles. The maximum atomic E-state index is 6.17. The summed E-state index contributed by atoms with van der Waals surface area (Å²) in [5, 5.41) is 3.80. The van der Waals surface area contributed by atoms with Gasteiger partial charge in [-0.1, -0.05) is 24.3 Å². The molecule has 2 nitrogen and oxygen atoms in total. The number of benzene rings is 2. The lowest BCUT2D eigenvalue weighted by atomic mass is 9.87. The minimum Gasteiger partial charge on any atom is -0.399 e. The lowest BCUT2D eigenvalue weighted by Crippen LogP contribution is -2.41. The molecule has 0 amide bonds. The number of hydrogen-bond acceptors (Lipinski definition) is 3. The first-order valence-electron chi connectivity index (χ1n) is 7.64. The molecule has 0 radical (unpaired) electrons. The summed E-state index contributed by atoms with van der Waals surface area (Å²) in [7, 11) is -0.273. The van der Waals surface area contributed by atoms with E-state index in [1.165, 1.54) is 20.9 Å². The van der Waals surface area contributed by atoms with Crippen molar-refractivity contribution in [2.45, 2.75) is 38.9 Å². The van der Waals surface area contributed by atoms with E-state index in [0.717, 1.165) is 4.78 Å². The third kappa shape index (κ3) is 2.09. The van der Waals surface area contributed by atoms with Crippen LogP contribution >= 0.6 is 11.3 Å². The van der Waals surface area contributed by atoms with Crippen molar-refractivity contribution in [1.29, 1.82) is 0 Å². The third-order valence-electron chi connectivity index (χ3n) is 4.89. The maximum absolute atomic E-state index is 6.17. The Morgan fingerprint density at radius 1 is 0.818 bits per heavy atom. The molecule has 1 aliphatic heterocycles. The molecule has 0 unspecified atom stereocenters. The van der Waals surface area contributed by atoms with E-state index in [1.54, 1.807) is 11.3 Å². The van der Waals surface area contributed by atoms with Crippen LogP contribution in [-0.4, -0.2) is 18.3 Å². The molecule has 4 heteroatoms. The van der Waals surface area contributed by atoms with Crippen molar-refractivity contribution >= 4 is 44.1 Å². The molecule has 0 spiro atoms. The summed E-state index contributed by atoms with van der Waals surface area (Å²) in [6, 6.07) is 15.2. The number of fused-ring (bicyclic) bond motifs is 2. The van der Waals surface area contributed by atoms with Crippen molar-refractivity contribution in [2.75, 3.05) is 0 Å². The summed E-state index contributed by atoms with van der Waals surface area (Å²) in [6.45, 7) is 8.37. The second-order valence-electron chi connectivity index (χ2n) is 6.97. The van der Waals surface area contributed by atoms with Gasteiger partial charge >= 0.3 is 7.12 Å². The molecule has 0 N–H and O–H groups in total. The molecule has 1 saturated heterocycles. The molecule has 3 aromatic rings. The number of rotatable bonds is 1. The summed E-state index contributed by atoms with van der Waals surface area (Å²) < 4.78 is 14.8. The van der Waals surface area contributed by atoms with E-state index in [1.807, 2.05) is 0 Å². The van der Waals surface area contributed by atoms with Crippen LogP contribution in [0, 0.1) is 0 Å². The molecule has 112 valence electrons. The Bertz CT molecular complexity index is 797. The van der Waals surface area contributed by atoms with Crippen LogP contribution in [-0.2, 0) is 9.31 Å². The molecule has 1 aromatic heterocycles. The number of hydrogen-bond donors (Lipinski definition) is 0. The van der Waals surface area contributed by atoms with Crippen molar-refractivity contribution in [1.82, 2.24) is 0 Å². The molecule has 22 heavy (non-hydrogen) atoms. The second-order valence-corrected chi connectivity index (χ2v) is 8.09. The molecule has 1 aliphatic rings. The Morgan fingerprint density at radius 3 is 2.05 bits per heavy atom. The molecule has 4 rings (SSSR count). The number of thiophene rings is 1. The van der Waals surface area contributed by atoms with E-state index >= 15 is 0 Å². The molecular formula is C18H19BO2S. The van der Waals surface area contributed by atoms with Crippen LogP contribution in [0.4, 0.5) is 0 Å². The molecule has 0 saturated carbocycles. The van der Waals surface area contributed by atoms with Crippen molar-refractivity contribution in [2.24, 2.45) is 0 Å². The molecule has 2 heterocycles. The highest BCUT2D eigenvalue weighted by atomic mass is 32.1. The first-order valence-corrected chi connectivity index (χ1v) is 8.45. The predicted octanol–water partition coefficient (Wildman–Crippen LogP) is 4.35. The summed E-state index contributed by atoms with van der Waals surface area (Å²) in [6.07, 6.45) is 0. The minimum atomic E-state index is -0.293. The lowest BCUT2D eigenvalue weighted by Gasteiger charge is -2.32. The predicted molar refractivity (Wildman–Crippen MR) is 95.0 cm³/mol. The molecule has 0 bridgehead atoms. The van der Waals surface area contributed by atoms with E-state index in [2.05, 4.69) is 70.2 Å². The smallest absolute Gasteiger partial charge is 0.399 e. The standard InChI is InChI=1S/C18H19BO2S/c1-17(2)18(3,4)21-19(20-17)16-11-14-9-12-7-5-6-8-13(12)10-15(14)22-16/h5-11H,1-4H3. The fourth-order valence-electron chi connectivity index (χ4n) is 2.82. The van der Waals surface area contributed by atoms with Crippen LogP contribution in [0.25, 0.3) is 20.9 Å². The quantitative estimate of drug-likeness (QED) is 0.622. The van der Waals surface area contributed by atoms with E-state index in [4.69, 9.17) is 9.31 Å². The molecule has 0 aliphatic carbocycles. The van der Waals surface area contributed by atoms with Crippen LogP contribution in [0.2, 0.25) is 0 Å². The van der Waals surface area contributed by atoms with Crippen molar-refractivity contribution in [3.8, 4) is 0 Å². The van der Waals surface area contributed by atoms with Gasteiger partial charge in [0.1, 0.15) is 0 Å². The van der Waals surface area contributed by atoms with Gasteiger partial charge in [0.2, 0.25) is 0 Å². The van der Waals surface area contributed by atoms with Gasteiger partial charge in [-0.05, 0) is 62.1 Å². The van der Waals surface area contributed by atoms with Crippen molar-refractivity contribution in [3.05, 3.63) is 42.5 Å². The zero-order valence-electron chi connectivity index (χ0n) is 13.3. The van der Waals surface area contributed by atoms with Gasteiger partial charge in [-0.15, -0.1) is 11.3 Å². The van der Waals surface area contributed by atoms with Crippen molar-refractivity contribution < 1.29 is 9.31 Å². The first kappa shape index (κ1) is 14.3. The van der Waals surface area contributed by atoms with E-state index in [9.17, 15) is 0 Å². The van der Waals surface area contributed by atoms with E-state index in [0.29, 0.717) is 0 Å². The maximum Gasteiger partial charge on any atom is 0.505 e. The zero-order valence-corrected chi connectivity index (χ0v) is 14.2. The van der Waals surface area contributed by atoms with Gasteiger partial charge in [0.05, 0.1) is 11.2 Å². The Labute approximate surface area is 135 Å². The van der Waals surface area contributed by atoms with Gasteiger partial charge in [0.15, 0.2) is 0 Å². The summed E-state index contributed by atoms with van der Waals surface area (Å²) >= 11 is 1.76. The van der Waals surface area contributed by atoms with Gasteiger partial charge in [-0.25, -0.2) is 0 Å². The van der Waals surface area contributed by atoms with Gasteiger partial charge in [0.25, 0.3) is 0 Å². The normalized spacial score (nSPS) is 20.1. The van der Waals surface area contributed by atoms with E-state index in [-0.39, 0.29) is 18.3 Å². The highest BCUT2D eigenvalue weighted by Gasteiger charge is 2.52. The van der Waals surface area contributed by atoms with Crippen LogP contribution in [0.3, 0.4) is 0 Å². The highest BCUT2D eigenvalue weighted by molar-refractivity contribution is 7.28. The fraction of sp³-hybridized carbons (Fsp3) is 0.333. The Hall–Kier alpha value is -1.36. The van der Waals surface area contributed by atoms with Gasteiger partial charge in [0, 0.05) is 9.48 Å². The Balaban J connectivity index is 1.79. The average Bonchev–Trinajstić information content (AvgIpc) is 2.94. The summed E-state index contributed by atoms with van der Waals surface area (Å²) in [5.41, 5.74) is -0.586. The van der Waals surface area contributed by atoms with Gasteiger partial charge in [-0.2, -0.15) is 0 Å². The first-order chi connectivity index (χ1) is 10.4. The second kappa shape index (κ2) is 4.57. The summed E-state index contributed by atoms with van der Waals surface area (Å²) in [4.78, 5) is 0. The topological polar surface area (TPSA) is 18.5 Å². The monoisotopic (exact) mass is 310 g/mol. The third-order valence-corrected chi connectivity index (χ3v) is 6.01. The van der Waals surface area contributed by atoms with Crippen LogP contribution in [0.15, 0.2) is 42.5 Å². The minimum absolute atomic E-state index is 0.273. The van der Waals surface area contributed by atoms with Crippen LogP contribution < -0.4 is 4.78 Å². The lowest BCUT2D eigenvalue weighted by molar-refractivity contribution is 0.00578. The van der Waals surface area contributed by atoms with Gasteiger partial charge < -0.3 is 9.31 Å². The molecular weight excluding hydrogens is 291 g/mol. The Kier molecular flexibility index (Phi) is 2.96. The van der Waals surface area contributed by atoms with Crippen molar-refractivity contribution in [3.63, 3.8) is 0 Å². The SMILES string of the molecule is CC1(C)OB(c2cc3cc4ccccc4cc3s2)OC1(C)C. The highest BCUT2D eigenvalue weighted by Crippen LogP contribution is 2.37. The average molecular weight is 310 g/mol. The van der Waals surface area contributed by atoms with Gasteiger partial charge in [-0.3, -0.25) is 0 Å².